The van der Waals surface area contributed by atoms with Gasteiger partial charge in [0.25, 0.3) is 0 Å². The van der Waals surface area contributed by atoms with E-state index < -0.39 is 0 Å². The van der Waals surface area contributed by atoms with Gasteiger partial charge in [-0.05, 0) is 55.5 Å². The second-order valence-corrected chi connectivity index (χ2v) is 5.63. The number of methoxy groups -OCH3 is 1. The maximum atomic E-state index is 6.37. The average molecular weight is 286 g/mol. The van der Waals surface area contributed by atoms with Crippen molar-refractivity contribution < 1.29 is 9.47 Å². The van der Waals surface area contributed by atoms with Crippen molar-refractivity contribution in [3.05, 3.63) is 36.0 Å². The Morgan fingerprint density at radius 3 is 3.05 bits per heavy atom. The Kier molecular flexibility index (Phi) is 4.36. The molecule has 2 unspecified atom stereocenters. The summed E-state index contributed by atoms with van der Waals surface area (Å²) in [5.41, 5.74) is 8.55. The molecule has 0 spiro atoms. The van der Waals surface area contributed by atoms with Crippen LogP contribution < -0.4 is 10.5 Å². The van der Waals surface area contributed by atoms with Crippen LogP contribution in [0.25, 0.3) is 10.9 Å². The van der Waals surface area contributed by atoms with Gasteiger partial charge in [-0.25, -0.2) is 0 Å². The highest BCUT2D eigenvalue weighted by atomic mass is 16.5. The number of hydrogen-bond donors (Lipinski definition) is 1. The van der Waals surface area contributed by atoms with Gasteiger partial charge in [-0.1, -0.05) is 0 Å². The molecule has 112 valence electrons. The van der Waals surface area contributed by atoms with Gasteiger partial charge in [0.15, 0.2) is 0 Å². The van der Waals surface area contributed by atoms with E-state index >= 15 is 0 Å². The van der Waals surface area contributed by atoms with Gasteiger partial charge in [-0.15, -0.1) is 0 Å². The van der Waals surface area contributed by atoms with E-state index in [9.17, 15) is 0 Å². The van der Waals surface area contributed by atoms with Crippen molar-refractivity contribution in [3.63, 3.8) is 0 Å². The van der Waals surface area contributed by atoms with Gasteiger partial charge in [0.1, 0.15) is 5.75 Å². The SMILES string of the molecule is COc1ccc2nccc(CC(N)C3CCCCO3)c2c1. The quantitative estimate of drug-likeness (QED) is 0.939. The predicted octanol–water partition coefficient (Wildman–Crippen LogP) is 2.68. The normalized spacial score (nSPS) is 20.4. The fourth-order valence-corrected chi connectivity index (χ4v) is 2.98. The van der Waals surface area contributed by atoms with Crippen LogP contribution >= 0.6 is 0 Å². The summed E-state index contributed by atoms with van der Waals surface area (Å²) in [6, 6.07) is 8.03. The lowest BCUT2D eigenvalue weighted by atomic mass is 9.95. The lowest BCUT2D eigenvalue weighted by Gasteiger charge is -2.28. The minimum atomic E-state index is 0.0297. The van der Waals surface area contributed by atoms with Crippen molar-refractivity contribution in [1.82, 2.24) is 4.98 Å². The number of nitrogens with two attached hydrogens (primary N) is 1. The summed E-state index contributed by atoms with van der Waals surface area (Å²) in [7, 11) is 1.68. The van der Waals surface area contributed by atoms with Crippen molar-refractivity contribution in [2.75, 3.05) is 13.7 Å². The molecule has 1 aromatic heterocycles. The molecule has 0 bridgehead atoms. The molecule has 1 aliphatic rings. The molecule has 0 aliphatic carbocycles. The maximum Gasteiger partial charge on any atom is 0.119 e. The van der Waals surface area contributed by atoms with Crippen LogP contribution in [-0.2, 0) is 11.2 Å². The second kappa shape index (κ2) is 6.41. The van der Waals surface area contributed by atoms with E-state index in [0.29, 0.717) is 0 Å². The summed E-state index contributed by atoms with van der Waals surface area (Å²) >= 11 is 0. The fourth-order valence-electron chi connectivity index (χ4n) is 2.98. The highest BCUT2D eigenvalue weighted by Crippen LogP contribution is 2.25. The molecule has 0 saturated carbocycles. The van der Waals surface area contributed by atoms with Gasteiger partial charge in [0, 0.05) is 24.2 Å². The standard InChI is InChI=1S/C17H22N2O2/c1-20-13-5-6-16-14(11-13)12(7-8-19-16)10-15(18)17-4-2-3-9-21-17/h5-8,11,15,17H,2-4,9-10,18H2,1H3. The van der Waals surface area contributed by atoms with Crippen molar-refractivity contribution in [3.8, 4) is 5.75 Å². The Morgan fingerprint density at radius 1 is 1.38 bits per heavy atom. The summed E-state index contributed by atoms with van der Waals surface area (Å²) in [4.78, 5) is 4.41. The second-order valence-electron chi connectivity index (χ2n) is 5.63. The summed E-state index contributed by atoms with van der Waals surface area (Å²) < 4.78 is 11.1. The highest BCUT2D eigenvalue weighted by molar-refractivity contribution is 5.83. The minimum absolute atomic E-state index is 0.0297. The van der Waals surface area contributed by atoms with Gasteiger partial charge in [0.05, 0.1) is 18.7 Å². The predicted molar refractivity (Wildman–Crippen MR) is 83.6 cm³/mol. The summed E-state index contributed by atoms with van der Waals surface area (Å²) in [5, 5.41) is 1.11. The summed E-state index contributed by atoms with van der Waals surface area (Å²) in [6.45, 7) is 0.837. The summed E-state index contributed by atoms with van der Waals surface area (Å²) in [6.07, 6.45) is 6.25. The topological polar surface area (TPSA) is 57.4 Å². The molecule has 4 nitrogen and oxygen atoms in total. The van der Waals surface area contributed by atoms with E-state index in [2.05, 4.69) is 4.98 Å². The third kappa shape index (κ3) is 3.17. The summed E-state index contributed by atoms with van der Waals surface area (Å²) in [5.74, 6) is 0.847. The third-order valence-corrected chi connectivity index (χ3v) is 4.19. The molecule has 1 saturated heterocycles. The molecule has 1 fully saturated rings. The molecule has 0 radical (unpaired) electrons. The molecule has 1 aromatic carbocycles. The molecular weight excluding hydrogens is 264 g/mol. The Morgan fingerprint density at radius 2 is 2.29 bits per heavy atom. The largest absolute Gasteiger partial charge is 0.497 e. The van der Waals surface area contributed by atoms with Crippen LogP contribution in [-0.4, -0.2) is 30.8 Å². The number of fused-ring (bicyclic) bond motifs is 1. The van der Waals surface area contributed by atoms with Gasteiger partial charge in [0.2, 0.25) is 0 Å². The van der Waals surface area contributed by atoms with E-state index in [1.807, 2.05) is 30.5 Å². The van der Waals surface area contributed by atoms with Gasteiger partial charge >= 0.3 is 0 Å². The molecule has 3 rings (SSSR count). The molecule has 0 amide bonds. The Bertz CT molecular complexity index is 609. The Hall–Kier alpha value is -1.65. The van der Waals surface area contributed by atoms with E-state index in [4.69, 9.17) is 15.2 Å². The van der Waals surface area contributed by atoms with E-state index in [1.54, 1.807) is 7.11 Å². The van der Waals surface area contributed by atoms with E-state index in [1.165, 1.54) is 12.0 Å². The molecule has 1 aliphatic heterocycles. The lowest BCUT2D eigenvalue weighted by Crippen LogP contribution is -2.40. The van der Waals surface area contributed by atoms with Crippen molar-refractivity contribution in [2.45, 2.75) is 37.8 Å². The number of benzene rings is 1. The fraction of sp³-hybridized carbons (Fsp3) is 0.471. The van der Waals surface area contributed by atoms with Crippen molar-refractivity contribution in [1.29, 1.82) is 0 Å². The van der Waals surface area contributed by atoms with Crippen molar-refractivity contribution in [2.24, 2.45) is 5.73 Å². The zero-order valence-electron chi connectivity index (χ0n) is 12.4. The van der Waals surface area contributed by atoms with Crippen LogP contribution in [0.4, 0.5) is 0 Å². The van der Waals surface area contributed by atoms with Crippen LogP contribution in [0.5, 0.6) is 5.75 Å². The zero-order valence-corrected chi connectivity index (χ0v) is 12.4. The number of ether oxygens (including phenoxy) is 2. The molecular formula is C17H22N2O2. The van der Waals surface area contributed by atoms with Crippen LogP contribution in [0.1, 0.15) is 24.8 Å². The number of pyridine rings is 1. The molecule has 21 heavy (non-hydrogen) atoms. The highest BCUT2D eigenvalue weighted by Gasteiger charge is 2.22. The first kappa shape index (κ1) is 14.3. The minimum Gasteiger partial charge on any atom is -0.497 e. The molecule has 4 heteroatoms. The third-order valence-electron chi connectivity index (χ3n) is 4.19. The molecule has 2 atom stereocenters. The van der Waals surface area contributed by atoms with Crippen LogP contribution in [0.15, 0.2) is 30.5 Å². The zero-order chi connectivity index (χ0) is 14.7. The van der Waals surface area contributed by atoms with E-state index in [-0.39, 0.29) is 12.1 Å². The number of hydrogen-bond acceptors (Lipinski definition) is 4. The Balaban J connectivity index is 1.85. The molecule has 2 aromatic rings. The van der Waals surface area contributed by atoms with Crippen molar-refractivity contribution >= 4 is 10.9 Å². The van der Waals surface area contributed by atoms with Gasteiger partial charge in [-0.2, -0.15) is 0 Å². The van der Waals surface area contributed by atoms with Gasteiger partial charge in [-0.3, -0.25) is 4.98 Å². The van der Waals surface area contributed by atoms with Crippen LogP contribution in [0, 0.1) is 0 Å². The lowest BCUT2D eigenvalue weighted by molar-refractivity contribution is 0.000690. The van der Waals surface area contributed by atoms with E-state index in [0.717, 1.165) is 42.5 Å². The van der Waals surface area contributed by atoms with Crippen LogP contribution in [0.2, 0.25) is 0 Å². The van der Waals surface area contributed by atoms with Gasteiger partial charge < -0.3 is 15.2 Å². The number of aromatic nitrogens is 1. The molecule has 2 heterocycles. The number of rotatable bonds is 4. The smallest absolute Gasteiger partial charge is 0.119 e. The average Bonchev–Trinajstić information content (AvgIpc) is 2.55. The monoisotopic (exact) mass is 286 g/mol. The molecule has 2 N–H and O–H groups in total. The maximum absolute atomic E-state index is 6.37. The van der Waals surface area contributed by atoms with Crippen LogP contribution in [0.3, 0.4) is 0 Å². The number of nitrogens with zero attached hydrogens (tertiary/aromatic N) is 1. The first-order valence-corrected chi connectivity index (χ1v) is 7.57. The first-order chi connectivity index (χ1) is 10.3. The Labute approximate surface area is 125 Å². The first-order valence-electron chi connectivity index (χ1n) is 7.57.